The molecule has 0 aliphatic rings. The van der Waals surface area contributed by atoms with Crippen molar-refractivity contribution in [2.24, 2.45) is 11.5 Å². The lowest BCUT2D eigenvalue weighted by molar-refractivity contribution is -0.118. The first-order valence-corrected chi connectivity index (χ1v) is 3.13. The van der Waals surface area contributed by atoms with Gasteiger partial charge in [-0.25, -0.2) is 0 Å². The summed E-state index contributed by atoms with van der Waals surface area (Å²) in [5.74, 6) is -0.193. The topological polar surface area (TPSA) is 69.1 Å². The third-order valence-corrected chi connectivity index (χ3v) is 0.777. The monoisotopic (exact) mass is 132 g/mol. The Morgan fingerprint density at radius 2 is 1.89 bits per heavy atom. The first-order valence-electron chi connectivity index (χ1n) is 3.13. The molecule has 0 atom stereocenters. The predicted molar refractivity (Wildman–Crippen MR) is 38.8 cm³/mol. The van der Waals surface area contributed by atoms with E-state index < -0.39 is 0 Å². The second-order valence-electron chi connectivity index (χ2n) is 1.57. The van der Waals surface area contributed by atoms with Crippen LogP contribution in [0.2, 0.25) is 0 Å². The van der Waals surface area contributed by atoms with Gasteiger partial charge in [-0.15, -0.1) is 0 Å². The zero-order valence-corrected chi connectivity index (χ0v) is 6.18. The zero-order chi connectivity index (χ0) is 7.70. The maximum Gasteiger partial charge on any atom is 0.217 e. The van der Waals surface area contributed by atoms with E-state index in [1.165, 1.54) is 7.05 Å². The molecule has 0 aromatic carbocycles. The fourth-order valence-corrected chi connectivity index (χ4v) is 0.351. The fraction of sp³-hybridized carbons (Fsp3) is 0.833. The Morgan fingerprint density at radius 1 is 1.44 bits per heavy atom. The van der Waals surface area contributed by atoms with Gasteiger partial charge in [0.25, 0.3) is 0 Å². The summed E-state index contributed by atoms with van der Waals surface area (Å²) in [5, 5.41) is 0. The van der Waals surface area contributed by atoms with E-state index in [1.807, 2.05) is 6.92 Å². The molecule has 0 fully saturated rings. The van der Waals surface area contributed by atoms with Gasteiger partial charge in [0.1, 0.15) is 0 Å². The Kier molecular flexibility index (Phi) is 13.0. The van der Waals surface area contributed by atoms with E-state index in [-0.39, 0.29) is 5.91 Å². The number of rotatable bonds is 3. The van der Waals surface area contributed by atoms with Crippen molar-refractivity contribution in [1.29, 1.82) is 0 Å². The Morgan fingerprint density at radius 3 is 2.00 bits per heavy atom. The predicted octanol–water partition coefficient (Wildman–Crippen LogP) is 0.237. The van der Waals surface area contributed by atoms with Gasteiger partial charge in [-0.3, -0.25) is 4.79 Å². The van der Waals surface area contributed by atoms with Crippen LogP contribution in [-0.2, 0) is 4.79 Å². The summed E-state index contributed by atoms with van der Waals surface area (Å²) in [7, 11) is 1.50. The first kappa shape index (κ1) is 11.3. The highest BCUT2D eigenvalue weighted by atomic mass is 16.1. The fourth-order valence-electron chi connectivity index (χ4n) is 0.351. The van der Waals surface area contributed by atoms with Crippen molar-refractivity contribution in [3.63, 3.8) is 0 Å². The Labute approximate surface area is 56.4 Å². The van der Waals surface area contributed by atoms with E-state index in [9.17, 15) is 4.79 Å². The van der Waals surface area contributed by atoms with Crippen LogP contribution in [0.15, 0.2) is 0 Å². The summed E-state index contributed by atoms with van der Waals surface area (Å²) < 4.78 is 0. The molecule has 9 heavy (non-hydrogen) atoms. The summed E-state index contributed by atoms with van der Waals surface area (Å²) in [5.41, 5.74) is 9.34. The molecule has 0 aromatic rings. The molecule has 0 aliphatic carbocycles. The summed E-state index contributed by atoms with van der Waals surface area (Å²) in [6.45, 7) is 2.03. The standard InChI is InChI=1S/C5H11NO.CH5N/c1-2-3-4-5(6)7;1-2/h2-4H2,1H3,(H2,6,7);2H2,1H3. The van der Waals surface area contributed by atoms with E-state index in [4.69, 9.17) is 5.73 Å². The highest BCUT2D eigenvalue weighted by Gasteiger charge is 1.88. The lowest BCUT2D eigenvalue weighted by Crippen LogP contribution is -2.09. The molecule has 3 heteroatoms. The quantitative estimate of drug-likeness (QED) is 0.577. The number of unbranched alkanes of at least 4 members (excludes halogenated alkanes) is 1. The minimum absolute atomic E-state index is 0.193. The van der Waals surface area contributed by atoms with Gasteiger partial charge in [0.2, 0.25) is 5.91 Å². The third-order valence-electron chi connectivity index (χ3n) is 0.777. The van der Waals surface area contributed by atoms with Crippen molar-refractivity contribution in [2.75, 3.05) is 7.05 Å². The smallest absolute Gasteiger partial charge is 0.217 e. The molecule has 3 nitrogen and oxygen atoms in total. The zero-order valence-electron chi connectivity index (χ0n) is 6.18. The lowest BCUT2D eigenvalue weighted by atomic mass is 10.2. The molecule has 1 amide bonds. The number of carbonyl (C=O) groups is 1. The average molecular weight is 132 g/mol. The molecular formula is C6H16N2O. The number of hydrogen-bond donors (Lipinski definition) is 2. The largest absolute Gasteiger partial charge is 0.370 e. The van der Waals surface area contributed by atoms with Crippen LogP contribution >= 0.6 is 0 Å². The molecular weight excluding hydrogens is 116 g/mol. The molecule has 0 bridgehead atoms. The van der Waals surface area contributed by atoms with Crippen molar-refractivity contribution in [2.45, 2.75) is 26.2 Å². The van der Waals surface area contributed by atoms with Crippen LogP contribution in [0.3, 0.4) is 0 Å². The van der Waals surface area contributed by atoms with Gasteiger partial charge in [0.05, 0.1) is 0 Å². The van der Waals surface area contributed by atoms with E-state index in [1.54, 1.807) is 0 Å². The molecule has 0 saturated carbocycles. The van der Waals surface area contributed by atoms with Crippen LogP contribution in [0.25, 0.3) is 0 Å². The van der Waals surface area contributed by atoms with Crippen molar-refractivity contribution >= 4 is 5.91 Å². The second kappa shape index (κ2) is 10.4. The molecule has 0 unspecified atom stereocenters. The number of hydrogen-bond acceptors (Lipinski definition) is 2. The lowest BCUT2D eigenvalue weighted by Gasteiger charge is -1.86. The van der Waals surface area contributed by atoms with Crippen LogP contribution in [0.1, 0.15) is 26.2 Å². The summed E-state index contributed by atoms with van der Waals surface area (Å²) >= 11 is 0. The van der Waals surface area contributed by atoms with Crippen LogP contribution in [0, 0.1) is 0 Å². The number of primary amides is 1. The van der Waals surface area contributed by atoms with E-state index in [0.29, 0.717) is 6.42 Å². The molecule has 0 aliphatic heterocycles. The van der Waals surface area contributed by atoms with Crippen LogP contribution < -0.4 is 11.5 Å². The SMILES string of the molecule is CCCCC(N)=O.CN. The van der Waals surface area contributed by atoms with Gasteiger partial charge in [-0.2, -0.15) is 0 Å². The van der Waals surface area contributed by atoms with Gasteiger partial charge in [-0.1, -0.05) is 13.3 Å². The van der Waals surface area contributed by atoms with Crippen molar-refractivity contribution < 1.29 is 4.79 Å². The summed E-state index contributed by atoms with van der Waals surface area (Å²) in [4.78, 5) is 9.98. The molecule has 4 N–H and O–H groups in total. The number of nitrogens with two attached hydrogens (primary N) is 2. The van der Waals surface area contributed by atoms with Gasteiger partial charge in [-0.05, 0) is 13.5 Å². The van der Waals surface area contributed by atoms with Crippen molar-refractivity contribution in [3.05, 3.63) is 0 Å². The van der Waals surface area contributed by atoms with Gasteiger partial charge in [0.15, 0.2) is 0 Å². The Bertz CT molecular complexity index is 64.1. The van der Waals surface area contributed by atoms with Gasteiger partial charge < -0.3 is 11.5 Å². The van der Waals surface area contributed by atoms with E-state index >= 15 is 0 Å². The molecule has 0 rings (SSSR count). The molecule has 0 aromatic heterocycles. The van der Waals surface area contributed by atoms with Crippen molar-refractivity contribution in [1.82, 2.24) is 0 Å². The number of carbonyl (C=O) groups excluding carboxylic acids is 1. The summed E-state index contributed by atoms with van der Waals surface area (Å²) in [6, 6.07) is 0. The maximum atomic E-state index is 9.98. The summed E-state index contributed by atoms with van der Waals surface area (Å²) in [6.07, 6.45) is 2.51. The van der Waals surface area contributed by atoms with Crippen LogP contribution in [-0.4, -0.2) is 13.0 Å². The maximum absolute atomic E-state index is 9.98. The Balaban J connectivity index is 0. The first-order chi connectivity index (χ1) is 4.27. The van der Waals surface area contributed by atoms with E-state index in [2.05, 4.69) is 5.73 Å². The highest BCUT2D eigenvalue weighted by molar-refractivity contribution is 5.73. The normalized spacial score (nSPS) is 7.44. The average Bonchev–Trinajstić information content (AvgIpc) is 1.88. The van der Waals surface area contributed by atoms with E-state index in [0.717, 1.165) is 12.8 Å². The van der Waals surface area contributed by atoms with Crippen LogP contribution in [0.4, 0.5) is 0 Å². The minimum Gasteiger partial charge on any atom is -0.370 e. The minimum atomic E-state index is -0.193. The highest BCUT2D eigenvalue weighted by Crippen LogP contribution is 1.89. The second-order valence-corrected chi connectivity index (χ2v) is 1.57. The molecule has 0 heterocycles. The molecule has 0 spiro atoms. The van der Waals surface area contributed by atoms with Crippen molar-refractivity contribution in [3.8, 4) is 0 Å². The molecule has 0 radical (unpaired) electrons. The van der Waals surface area contributed by atoms with Gasteiger partial charge >= 0.3 is 0 Å². The third kappa shape index (κ3) is 18.6. The van der Waals surface area contributed by atoms with Gasteiger partial charge in [0, 0.05) is 6.42 Å². The number of amides is 1. The Hall–Kier alpha value is -0.570. The molecule has 0 saturated heterocycles. The van der Waals surface area contributed by atoms with Crippen LogP contribution in [0.5, 0.6) is 0 Å². The molecule has 56 valence electrons.